The highest BCUT2D eigenvalue weighted by Gasteiger charge is 2.37. The van der Waals surface area contributed by atoms with E-state index in [9.17, 15) is 0 Å². The maximum absolute atomic E-state index is 8.74. The summed E-state index contributed by atoms with van der Waals surface area (Å²) >= 11 is 11.3. The minimum Gasteiger partial charge on any atom is -0.326 e. The molecule has 0 heterocycles. The Kier molecular flexibility index (Phi) is 13.1. The van der Waals surface area contributed by atoms with E-state index < -0.39 is 8.25 Å². The van der Waals surface area contributed by atoms with Crippen LogP contribution >= 0.6 is 56.0 Å². The molecule has 0 aromatic rings. The molecule has 7 heteroatoms. The SMILES string of the molecule is CCC(Br)C(Br)(CC)C(Br)CC.O=[PH](O)O. The van der Waals surface area contributed by atoms with E-state index in [1.807, 2.05) is 0 Å². The molecule has 100 valence electrons. The molecule has 3 nitrogen and oxygen atoms in total. The van der Waals surface area contributed by atoms with Gasteiger partial charge in [0.15, 0.2) is 0 Å². The van der Waals surface area contributed by atoms with Gasteiger partial charge in [-0.2, -0.15) is 0 Å². The average Bonchev–Trinajstić information content (AvgIpc) is 2.24. The summed E-state index contributed by atoms with van der Waals surface area (Å²) in [4.78, 5) is 15.4. The molecular weight excluding hydrogens is 427 g/mol. The van der Waals surface area contributed by atoms with E-state index in [4.69, 9.17) is 14.4 Å². The molecule has 2 unspecified atom stereocenters. The van der Waals surface area contributed by atoms with Crippen LogP contribution in [-0.4, -0.2) is 23.8 Å². The molecule has 0 rings (SSSR count). The van der Waals surface area contributed by atoms with Gasteiger partial charge in [-0.05, 0) is 19.3 Å². The number of hydrogen-bond acceptors (Lipinski definition) is 1. The number of rotatable bonds is 5. The van der Waals surface area contributed by atoms with Crippen LogP contribution in [0.25, 0.3) is 0 Å². The molecule has 0 saturated heterocycles. The van der Waals surface area contributed by atoms with Crippen molar-refractivity contribution in [3.05, 3.63) is 0 Å². The molecule has 0 aliphatic rings. The Bertz CT molecular complexity index is 190. The lowest BCUT2D eigenvalue weighted by atomic mass is 9.95. The van der Waals surface area contributed by atoms with Gasteiger partial charge in [0.25, 0.3) is 0 Å². The molecule has 0 radical (unpaired) electrons. The first kappa shape index (κ1) is 19.9. The summed E-state index contributed by atoms with van der Waals surface area (Å²) in [5, 5.41) is 0. The Balaban J connectivity index is 0. The predicted octanol–water partition coefficient (Wildman–Crippen LogP) is 4.24. The molecule has 0 fully saturated rings. The Morgan fingerprint density at radius 3 is 1.50 bits per heavy atom. The molecule has 0 aromatic carbocycles. The fourth-order valence-electron chi connectivity index (χ4n) is 1.32. The molecule has 0 aromatic heterocycles. The second-order valence-corrected chi connectivity index (χ2v) is 7.57. The van der Waals surface area contributed by atoms with Gasteiger partial charge in [0.05, 0.1) is 4.32 Å². The van der Waals surface area contributed by atoms with Crippen LogP contribution in [0, 0.1) is 0 Å². The zero-order valence-electron chi connectivity index (χ0n) is 9.71. The lowest BCUT2D eigenvalue weighted by Gasteiger charge is -2.35. The van der Waals surface area contributed by atoms with Crippen LogP contribution in [0.5, 0.6) is 0 Å². The largest absolute Gasteiger partial charge is 0.326 e. The minimum atomic E-state index is -3.13. The molecule has 0 spiro atoms. The molecule has 0 aliphatic carbocycles. The monoisotopic (exact) mass is 444 g/mol. The number of halogens is 3. The molecular formula is C9H20Br3O3P. The van der Waals surface area contributed by atoms with Crippen LogP contribution in [0.1, 0.15) is 40.0 Å². The summed E-state index contributed by atoms with van der Waals surface area (Å²) in [6.07, 6.45) is 3.45. The van der Waals surface area contributed by atoms with Crippen LogP contribution in [0.3, 0.4) is 0 Å². The predicted molar refractivity (Wildman–Crippen MR) is 81.4 cm³/mol. The molecule has 16 heavy (non-hydrogen) atoms. The van der Waals surface area contributed by atoms with Crippen molar-refractivity contribution in [3.63, 3.8) is 0 Å². The third-order valence-corrected chi connectivity index (χ3v) is 8.12. The van der Waals surface area contributed by atoms with Crippen molar-refractivity contribution < 1.29 is 14.4 Å². The van der Waals surface area contributed by atoms with Crippen LogP contribution < -0.4 is 0 Å². The van der Waals surface area contributed by atoms with Gasteiger partial charge in [0.1, 0.15) is 0 Å². The van der Waals surface area contributed by atoms with E-state index in [0.717, 1.165) is 19.3 Å². The highest BCUT2D eigenvalue weighted by atomic mass is 79.9. The molecule has 0 aliphatic heterocycles. The quantitative estimate of drug-likeness (QED) is 0.490. The summed E-state index contributed by atoms with van der Waals surface area (Å²) in [5.74, 6) is 0. The van der Waals surface area contributed by atoms with Crippen molar-refractivity contribution in [2.24, 2.45) is 0 Å². The first-order chi connectivity index (χ1) is 7.26. The van der Waals surface area contributed by atoms with Gasteiger partial charge < -0.3 is 9.79 Å². The first-order valence-corrected chi connectivity index (χ1v) is 9.07. The van der Waals surface area contributed by atoms with Crippen molar-refractivity contribution in [3.8, 4) is 0 Å². The standard InChI is InChI=1S/C9H17Br3.H3O3P/c1-4-7(10)9(12,6-3)8(11)5-2;1-4(2)3/h7-8H,4-6H2,1-3H3;4H,(H2,1,2,3). The Labute approximate surface area is 124 Å². The number of hydrogen-bond donors (Lipinski definition) is 2. The summed E-state index contributed by atoms with van der Waals surface area (Å²) in [5.41, 5.74) is 0. The second kappa shape index (κ2) is 10.5. The third kappa shape index (κ3) is 7.83. The average molecular weight is 447 g/mol. The van der Waals surface area contributed by atoms with Crippen LogP contribution in [0.4, 0.5) is 0 Å². The van der Waals surface area contributed by atoms with Gasteiger partial charge in [-0.3, -0.25) is 4.57 Å². The highest BCUT2D eigenvalue weighted by molar-refractivity contribution is 9.14. The molecule has 2 N–H and O–H groups in total. The van der Waals surface area contributed by atoms with E-state index >= 15 is 0 Å². The molecule has 0 amide bonds. The second-order valence-electron chi connectivity index (χ2n) is 3.31. The van der Waals surface area contributed by atoms with Crippen molar-refractivity contribution in [1.82, 2.24) is 0 Å². The van der Waals surface area contributed by atoms with E-state index in [0.29, 0.717) is 9.65 Å². The lowest BCUT2D eigenvalue weighted by Crippen LogP contribution is -2.39. The fraction of sp³-hybridized carbons (Fsp3) is 1.00. The Hall–Kier alpha value is 1.59. The van der Waals surface area contributed by atoms with Crippen LogP contribution in [0.2, 0.25) is 0 Å². The van der Waals surface area contributed by atoms with Crippen molar-refractivity contribution in [2.75, 3.05) is 0 Å². The fourth-order valence-corrected chi connectivity index (χ4v) is 3.61. The van der Waals surface area contributed by atoms with Gasteiger partial charge in [-0.15, -0.1) is 0 Å². The Morgan fingerprint density at radius 1 is 1.12 bits per heavy atom. The molecule has 2 atom stereocenters. The smallest absolute Gasteiger partial charge is 0.314 e. The first-order valence-electron chi connectivity index (χ1n) is 5.15. The lowest BCUT2D eigenvalue weighted by molar-refractivity contribution is 0.405. The normalized spacial score (nSPS) is 18.3. The van der Waals surface area contributed by atoms with Crippen molar-refractivity contribution >= 4 is 56.0 Å². The third-order valence-electron chi connectivity index (χ3n) is 2.30. The number of alkyl halides is 3. The van der Waals surface area contributed by atoms with Gasteiger partial charge in [0, 0.05) is 9.65 Å². The van der Waals surface area contributed by atoms with Crippen molar-refractivity contribution in [1.29, 1.82) is 0 Å². The summed E-state index contributed by atoms with van der Waals surface area (Å²) in [6, 6.07) is 0. The molecule has 0 bridgehead atoms. The topological polar surface area (TPSA) is 57.5 Å². The zero-order chi connectivity index (χ0) is 13.4. The summed E-state index contributed by atoms with van der Waals surface area (Å²) in [7, 11) is -3.13. The van der Waals surface area contributed by atoms with Crippen LogP contribution in [-0.2, 0) is 4.57 Å². The minimum absolute atomic E-state index is 0.205. The highest BCUT2D eigenvalue weighted by Crippen LogP contribution is 2.41. The van der Waals surface area contributed by atoms with E-state index in [1.54, 1.807) is 0 Å². The maximum Gasteiger partial charge on any atom is 0.314 e. The zero-order valence-corrected chi connectivity index (χ0v) is 15.5. The van der Waals surface area contributed by atoms with E-state index in [-0.39, 0.29) is 4.32 Å². The summed E-state index contributed by atoms with van der Waals surface area (Å²) < 4.78 is 8.95. The van der Waals surface area contributed by atoms with Crippen molar-refractivity contribution in [2.45, 2.75) is 54.0 Å². The van der Waals surface area contributed by atoms with Gasteiger partial charge >= 0.3 is 8.25 Å². The van der Waals surface area contributed by atoms with Crippen LogP contribution in [0.15, 0.2) is 0 Å². The van der Waals surface area contributed by atoms with Gasteiger partial charge in [-0.1, -0.05) is 68.6 Å². The maximum atomic E-state index is 8.74. The van der Waals surface area contributed by atoms with Gasteiger partial charge in [0.2, 0.25) is 0 Å². The van der Waals surface area contributed by atoms with E-state index in [2.05, 4.69) is 68.6 Å². The summed E-state index contributed by atoms with van der Waals surface area (Å²) in [6.45, 7) is 6.64. The molecule has 0 saturated carbocycles. The Morgan fingerprint density at radius 2 is 1.38 bits per heavy atom. The van der Waals surface area contributed by atoms with Gasteiger partial charge in [-0.25, -0.2) is 0 Å². The van der Waals surface area contributed by atoms with E-state index in [1.165, 1.54) is 0 Å².